The standard InChI is InChI=1S/C12H23O8P/c1-15-9-3-5-17-11(9)7-19-21(13,14)20-8-12-10(16-2)4-6-18-12/h9-12H,3-8H2,1-2H3,(H,13,14)/t9?,10?,11-,12?/m1/s1. The van der Waals surface area contributed by atoms with E-state index in [1.807, 2.05) is 0 Å². The summed E-state index contributed by atoms with van der Waals surface area (Å²) in [5.74, 6) is 0. The first-order chi connectivity index (χ1) is 10.1. The average molecular weight is 326 g/mol. The molecule has 2 saturated heterocycles. The molecule has 0 spiro atoms. The molecule has 0 aromatic heterocycles. The Labute approximate surface area is 124 Å². The van der Waals surface area contributed by atoms with Crippen LogP contribution in [0, 0.1) is 0 Å². The van der Waals surface area contributed by atoms with Crippen LogP contribution in [-0.4, -0.2) is 70.0 Å². The Morgan fingerprint density at radius 3 is 1.81 bits per heavy atom. The molecule has 0 aliphatic carbocycles. The molecule has 4 unspecified atom stereocenters. The fourth-order valence-corrected chi connectivity index (χ4v) is 3.23. The molecule has 0 amide bonds. The first-order valence-electron chi connectivity index (χ1n) is 6.96. The van der Waals surface area contributed by atoms with Gasteiger partial charge in [-0.1, -0.05) is 0 Å². The third kappa shape index (κ3) is 4.97. The first kappa shape index (κ1) is 17.3. The Kier molecular flexibility index (Phi) is 6.58. The van der Waals surface area contributed by atoms with Crippen LogP contribution in [0.15, 0.2) is 0 Å². The van der Waals surface area contributed by atoms with Gasteiger partial charge in [0, 0.05) is 27.4 Å². The molecule has 2 heterocycles. The van der Waals surface area contributed by atoms with E-state index in [1.165, 1.54) is 0 Å². The van der Waals surface area contributed by atoms with Crippen molar-refractivity contribution in [3.63, 3.8) is 0 Å². The number of hydrogen-bond acceptors (Lipinski definition) is 7. The van der Waals surface area contributed by atoms with Crippen molar-refractivity contribution >= 4 is 7.82 Å². The number of methoxy groups -OCH3 is 2. The predicted molar refractivity (Wildman–Crippen MR) is 72.0 cm³/mol. The lowest BCUT2D eigenvalue weighted by atomic mass is 10.2. The highest BCUT2D eigenvalue weighted by Crippen LogP contribution is 2.44. The van der Waals surface area contributed by atoms with Crippen molar-refractivity contribution < 1.29 is 37.5 Å². The van der Waals surface area contributed by atoms with E-state index in [0.717, 1.165) is 12.8 Å². The number of hydrogen-bond donors (Lipinski definition) is 1. The largest absolute Gasteiger partial charge is 0.472 e. The van der Waals surface area contributed by atoms with Crippen LogP contribution in [0.2, 0.25) is 0 Å². The third-order valence-corrected chi connectivity index (χ3v) is 4.66. The smallest absolute Gasteiger partial charge is 0.379 e. The second-order valence-electron chi connectivity index (χ2n) is 5.00. The maximum atomic E-state index is 11.8. The lowest BCUT2D eigenvalue weighted by molar-refractivity contribution is -0.0307. The van der Waals surface area contributed by atoms with Gasteiger partial charge < -0.3 is 23.8 Å². The molecule has 2 aliphatic rings. The lowest BCUT2D eigenvalue weighted by Crippen LogP contribution is -2.29. The van der Waals surface area contributed by atoms with Crippen molar-refractivity contribution in [1.82, 2.24) is 0 Å². The summed E-state index contributed by atoms with van der Waals surface area (Å²) in [5, 5.41) is 0. The van der Waals surface area contributed by atoms with E-state index >= 15 is 0 Å². The summed E-state index contributed by atoms with van der Waals surface area (Å²) in [6.45, 7) is 1.00. The minimum Gasteiger partial charge on any atom is -0.379 e. The van der Waals surface area contributed by atoms with Crippen LogP contribution in [0.1, 0.15) is 12.8 Å². The van der Waals surface area contributed by atoms with Gasteiger partial charge in [0.1, 0.15) is 12.2 Å². The minimum atomic E-state index is -4.14. The summed E-state index contributed by atoms with van der Waals surface area (Å²) < 4.78 is 42.9. The molecular formula is C12H23O8P. The topological polar surface area (TPSA) is 92.7 Å². The molecule has 21 heavy (non-hydrogen) atoms. The van der Waals surface area contributed by atoms with Gasteiger partial charge in [-0.25, -0.2) is 4.57 Å². The van der Waals surface area contributed by atoms with Crippen molar-refractivity contribution in [2.24, 2.45) is 0 Å². The van der Waals surface area contributed by atoms with Gasteiger partial charge in [0.05, 0.1) is 25.4 Å². The number of phosphoric ester groups is 1. The molecule has 0 aromatic rings. The van der Waals surface area contributed by atoms with E-state index < -0.39 is 7.82 Å². The van der Waals surface area contributed by atoms with Crippen molar-refractivity contribution in [1.29, 1.82) is 0 Å². The van der Waals surface area contributed by atoms with Crippen LogP contribution in [-0.2, 0) is 32.6 Å². The van der Waals surface area contributed by atoms with Gasteiger partial charge in [0.25, 0.3) is 0 Å². The maximum Gasteiger partial charge on any atom is 0.472 e. The van der Waals surface area contributed by atoms with E-state index in [0.29, 0.717) is 13.2 Å². The average Bonchev–Trinajstić information content (AvgIpc) is 3.11. The van der Waals surface area contributed by atoms with Gasteiger partial charge in [-0.05, 0) is 12.8 Å². The zero-order chi connectivity index (χ0) is 15.3. The Hall–Kier alpha value is -0.0500. The van der Waals surface area contributed by atoms with Crippen LogP contribution in [0.25, 0.3) is 0 Å². The van der Waals surface area contributed by atoms with E-state index in [9.17, 15) is 9.46 Å². The zero-order valence-electron chi connectivity index (χ0n) is 12.3. The first-order valence-corrected chi connectivity index (χ1v) is 8.46. The summed E-state index contributed by atoms with van der Waals surface area (Å²) in [4.78, 5) is 9.67. The Morgan fingerprint density at radius 2 is 1.43 bits per heavy atom. The van der Waals surface area contributed by atoms with Gasteiger partial charge in [-0.15, -0.1) is 0 Å². The third-order valence-electron chi connectivity index (χ3n) is 3.71. The molecule has 0 aromatic carbocycles. The molecule has 2 fully saturated rings. The summed E-state index contributed by atoms with van der Waals surface area (Å²) in [6, 6.07) is 0. The van der Waals surface area contributed by atoms with E-state index in [-0.39, 0.29) is 37.6 Å². The number of ether oxygens (including phenoxy) is 4. The molecule has 124 valence electrons. The van der Waals surface area contributed by atoms with Crippen molar-refractivity contribution in [3.05, 3.63) is 0 Å². The van der Waals surface area contributed by atoms with Crippen molar-refractivity contribution in [2.45, 2.75) is 37.3 Å². The summed E-state index contributed by atoms with van der Waals surface area (Å²) in [5.41, 5.74) is 0. The van der Waals surface area contributed by atoms with Crippen LogP contribution >= 0.6 is 7.82 Å². The second-order valence-corrected chi connectivity index (χ2v) is 6.46. The van der Waals surface area contributed by atoms with Gasteiger partial charge in [-0.3, -0.25) is 9.05 Å². The molecule has 1 N–H and O–H groups in total. The van der Waals surface area contributed by atoms with E-state index in [1.54, 1.807) is 14.2 Å². The molecule has 2 aliphatic heterocycles. The van der Waals surface area contributed by atoms with Crippen LogP contribution in [0.3, 0.4) is 0 Å². The summed E-state index contributed by atoms with van der Waals surface area (Å²) in [7, 11) is -0.996. The fraction of sp³-hybridized carbons (Fsp3) is 1.00. The van der Waals surface area contributed by atoms with E-state index in [2.05, 4.69) is 0 Å². The lowest BCUT2D eigenvalue weighted by Gasteiger charge is -2.21. The van der Waals surface area contributed by atoms with Gasteiger partial charge in [0.2, 0.25) is 0 Å². The van der Waals surface area contributed by atoms with Gasteiger partial charge in [-0.2, -0.15) is 0 Å². The SMILES string of the molecule is COC1CCOC1COP(=O)(O)OC[C@H]1OCCC1OC. The Balaban J connectivity index is 1.73. The Morgan fingerprint density at radius 1 is 1.00 bits per heavy atom. The highest BCUT2D eigenvalue weighted by molar-refractivity contribution is 7.47. The molecule has 0 bridgehead atoms. The van der Waals surface area contributed by atoms with Crippen molar-refractivity contribution in [3.8, 4) is 0 Å². The fourth-order valence-electron chi connectivity index (χ4n) is 2.48. The summed E-state index contributed by atoms with van der Waals surface area (Å²) >= 11 is 0. The normalized spacial score (nSPS) is 36.0. The zero-order valence-corrected chi connectivity index (χ0v) is 13.2. The van der Waals surface area contributed by atoms with Gasteiger partial charge in [0.15, 0.2) is 0 Å². The molecule has 9 heteroatoms. The van der Waals surface area contributed by atoms with Crippen LogP contribution in [0.5, 0.6) is 0 Å². The number of rotatable bonds is 8. The second kappa shape index (κ2) is 7.99. The molecular weight excluding hydrogens is 303 g/mol. The highest BCUT2D eigenvalue weighted by atomic mass is 31.2. The minimum absolute atomic E-state index is 0.0501. The maximum absolute atomic E-state index is 11.8. The molecule has 2 rings (SSSR count). The van der Waals surface area contributed by atoms with Crippen LogP contribution < -0.4 is 0 Å². The summed E-state index contributed by atoms with van der Waals surface area (Å²) in [6.07, 6.45) is 0.531. The number of phosphoric acid groups is 1. The monoisotopic (exact) mass is 326 g/mol. The Bertz CT molecular complexity index is 335. The molecule has 5 atom stereocenters. The quantitative estimate of drug-likeness (QED) is 0.653. The van der Waals surface area contributed by atoms with Gasteiger partial charge >= 0.3 is 7.82 Å². The van der Waals surface area contributed by atoms with E-state index in [4.69, 9.17) is 28.0 Å². The molecule has 0 saturated carbocycles. The van der Waals surface area contributed by atoms with Crippen LogP contribution in [0.4, 0.5) is 0 Å². The highest BCUT2D eigenvalue weighted by Gasteiger charge is 2.34. The predicted octanol–water partition coefficient (Wildman–Crippen LogP) is 0.728. The van der Waals surface area contributed by atoms with Crippen molar-refractivity contribution in [2.75, 3.05) is 40.6 Å². The molecule has 0 radical (unpaired) electrons. The molecule has 8 nitrogen and oxygen atoms in total.